The van der Waals surface area contributed by atoms with E-state index in [1.165, 1.54) is 19.3 Å². The molecule has 4 rings (SSSR count). The maximum absolute atomic E-state index is 12.5. The number of urea groups is 1. The number of piperidine rings is 1. The van der Waals surface area contributed by atoms with E-state index in [0.29, 0.717) is 12.0 Å². The number of H-pyrrole nitrogens is 1. The number of ether oxygens (including phenoxy) is 1. The van der Waals surface area contributed by atoms with Gasteiger partial charge in [-0.1, -0.05) is 31.4 Å². The summed E-state index contributed by atoms with van der Waals surface area (Å²) in [6.07, 6.45) is 7.98. The number of benzene rings is 1. The van der Waals surface area contributed by atoms with Gasteiger partial charge in [-0.05, 0) is 43.9 Å². The average molecular weight is 383 g/mol. The molecule has 6 heteroatoms. The van der Waals surface area contributed by atoms with E-state index in [2.05, 4.69) is 21.6 Å². The van der Waals surface area contributed by atoms with E-state index in [1.54, 1.807) is 7.11 Å². The van der Waals surface area contributed by atoms with Crippen molar-refractivity contribution in [2.75, 3.05) is 20.2 Å². The van der Waals surface area contributed by atoms with Crippen LogP contribution in [0, 0.1) is 0 Å². The molecule has 2 aromatic rings. The molecule has 1 aromatic heterocycles. The molecule has 0 bridgehead atoms. The van der Waals surface area contributed by atoms with Crippen LogP contribution >= 0.6 is 0 Å². The second kappa shape index (κ2) is 8.67. The minimum atomic E-state index is 0.118. The zero-order valence-electron chi connectivity index (χ0n) is 16.6. The number of aromatic nitrogens is 2. The van der Waals surface area contributed by atoms with Gasteiger partial charge >= 0.3 is 6.03 Å². The molecule has 2 heterocycles. The first-order valence-corrected chi connectivity index (χ1v) is 10.5. The fourth-order valence-corrected chi connectivity index (χ4v) is 4.38. The number of nitrogens with one attached hydrogen (secondary N) is 2. The third-order valence-electron chi connectivity index (χ3n) is 6.12. The van der Waals surface area contributed by atoms with Gasteiger partial charge in [-0.3, -0.25) is 5.10 Å². The van der Waals surface area contributed by atoms with E-state index in [9.17, 15) is 4.79 Å². The smallest absolute Gasteiger partial charge is 0.317 e. The predicted octanol–water partition coefficient (Wildman–Crippen LogP) is 4.31. The molecular weight excluding hydrogens is 352 g/mol. The molecule has 0 atom stereocenters. The second-order valence-electron chi connectivity index (χ2n) is 7.99. The Bertz CT molecular complexity index is 789. The van der Waals surface area contributed by atoms with Gasteiger partial charge < -0.3 is 15.0 Å². The van der Waals surface area contributed by atoms with Crippen LogP contribution in [0.4, 0.5) is 4.79 Å². The van der Waals surface area contributed by atoms with E-state index in [-0.39, 0.29) is 6.03 Å². The predicted molar refractivity (Wildman–Crippen MR) is 110 cm³/mol. The highest BCUT2D eigenvalue weighted by Gasteiger charge is 2.26. The highest BCUT2D eigenvalue weighted by Crippen LogP contribution is 2.30. The van der Waals surface area contributed by atoms with Crippen molar-refractivity contribution in [3.05, 3.63) is 36.0 Å². The van der Waals surface area contributed by atoms with E-state index in [4.69, 9.17) is 4.74 Å². The fourth-order valence-electron chi connectivity index (χ4n) is 4.38. The van der Waals surface area contributed by atoms with Gasteiger partial charge in [0.05, 0.1) is 12.8 Å². The summed E-state index contributed by atoms with van der Waals surface area (Å²) >= 11 is 0. The Hall–Kier alpha value is -2.50. The molecular formula is C22H30N4O2. The van der Waals surface area contributed by atoms with Gasteiger partial charge in [0.2, 0.25) is 0 Å². The van der Waals surface area contributed by atoms with E-state index in [0.717, 1.165) is 61.5 Å². The molecule has 2 fully saturated rings. The minimum absolute atomic E-state index is 0.118. The molecule has 6 nitrogen and oxygen atoms in total. The molecule has 1 aliphatic heterocycles. The van der Waals surface area contributed by atoms with Crippen LogP contribution in [0.3, 0.4) is 0 Å². The fraction of sp³-hybridized carbons (Fsp3) is 0.545. The number of likely N-dealkylation sites (tertiary alicyclic amines) is 1. The Balaban J connectivity index is 1.32. The first-order chi connectivity index (χ1) is 13.7. The Labute approximate surface area is 166 Å². The van der Waals surface area contributed by atoms with E-state index in [1.807, 2.05) is 29.2 Å². The Morgan fingerprint density at radius 2 is 1.93 bits per heavy atom. The maximum atomic E-state index is 12.5. The van der Waals surface area contributed by atoms with Crippen molar-refractivity contribution in [3.8, 4) is 17.0 Å². The van der Waals surface area contributed by atoms with Crippen LogP contribution in [-0.4, -0.2) is 47.4 Å². The number of amides is 2. The summed E-state index contributed by atoms with van der Waals surface area (Å²) in [5.74, 6) is 1.25. The summed E-state index contributed by atoms with van der Waals surface area (Å²) in [6.45, 7) is 1.60. The van der Waals surface area contributed by atoms with E-state index >= 15 is 0 Å². The Kier molecular flexibility index (Phi) is 5.84. The van der Waals surface area contributed by atoms with Gasteiger partial charge in [-0.25, -0.2) is 4.79 Å². The van der Waals surface area contributed by atoms with Crippen molar-refractivity contribution in [1.29, 1.82) is 0 Å². The molecule has 0 radical (unpaired) electrons. The van der Waals surface area contributed by atoms with Crippen LogP contribution in [0.1, 0.15) is 56.6 Å². The number of hydrogen-bond donors (Lipinski definition) is 2. The zero-order chi connectivity index (χ0) is 19.3. The van der Waals surface area contributed by atoms with Crippen molar-refractivity contribution in [2.45, 2.75) is 56.9 Å². The van der Waals surface area contributed by atoms with Crippen LogP contribution < -0.4 is 10.1 Å². The molecule has 28 heavy (non-hydrogen) atoms. The summed E-state index contributed by atoms with van der Waals surface area (Å²) in [6, 6.07) is 10.6. The highest BCUT2D eigenvalue weighted by molar-refractivity contribution is 5.74. The number of aromatic amines is 1. The lowest BCUT2D eigenvalue weighted by Gasteiger charge is -2.33. The largest absolute Gasteiger partial charge is 0.497 e. The summed E-state index contributed by atoms with van der Waals surface area (Å²) in [5.41, 5.74) is 3.14. The number of nitrogens with zero attached hydrogens (tertiary/aromatic N) is 2. The zero-order valence-corrected chi connectivity index (χ0v) is 16.6. The quantitative estimate of drug-likeness (QED) is 0.828. The van der Waals surface area contributed by atoms with E-state index < -0.39 is 0 Å². The standard InChI is InChI=1S/C22H30N4O2/c1-28-19-9-5-6-17(14-19)21-15-20(24-25-21)16-10-12-26(13-11-16)22(27)23-18-7-3-2-4-8-18/h5-6,9,14-16,18H,2-4,7-8,10-13H2,1H3,(H,23,27)(H,24,25). The maximum Gasteiger partial charge on any atom is 0.317 e. The van der Waals surface area contributed by atoms with Crippen molar-refractivity contribution < 1.29 is 9.53 Å². The number of rotatable bonds is 4. The number of carbonyl (C=O) groups is 1. The van der Waals surface area contributed by atoms with Gasteiger partial charge in [0.15, 0.2) is 0 Å². The van der Waals surface area contributed by atoms with Gasteiger partial charge in [0.25, 0.3) is 0 Å². The Morgan fingerprint density at radius 3 is 2.68 bits per heavy atom. The average Bonchev–Trinajstić information content (AvgIpc) is 3.25. The van der Waals surface area contributed by atoms with Gasteiger partial charge in [0.1, 0.15) is 5.75 Å². The van der Waals surface area contributed by atoms with Gasteiger partial charge in [0, 0.05) is 36.3 Å². The minimum Gasteiger partial charge on any atom is -0.497 e. The normalized spacial score (nSPS) is 18.8. The third-order valence-corrected chi connectivity index (χ3v) is 6.12. The molecule has 1 saturated heterocycles. The molecule has 1 aromatic carbocycles. The number of methoxy groups -OCH3 is 1. The summed E-state index contributed by atoms with van der Waals surface area (Å²) < 4.78 is 5.31. The SMILES string of the molecule is COc1cccc(-c2cc(C3CCN(C(=O)NC4CCCCC4)CC3)[nH]n2)c1. The van der Waals surface area contributed by atoms with Crippen LogP contribution in [0.15, 0.2) is 30.3 Å². The van der Waals surface area contributed by atoms with Crippen molar-refractivity contribution in [1.82, 2.24) is 20.4 Å². The van der Waals surface area contributed by atoms with Gasteiger partial charge in [-0.15, -0.1) is 0 Å². The highest BCUT2D eigenvalue weighted by atomic mass is 16.5. The summed E-state index contributed by atoms with van der Waals surface area (Å²) in [4.78, 5) is 14.5. The summed E-state index contributed by atoms with van der Waals surface area (Å²) in [5, 5.41) is 10.9. The molecule has 2 N–H and O–H groups in total. The third kappa shape index (κ3) is 4.32. The molecule has 2 amide bonds. The monoisotopic (exact) mass is 382 g/mol. The molecule has 150 valence electrons. The first kappa shape index (κ1) is 18.8. The summed E-state index contributed by atoms with van der Waals surface area (Å²) in [7, 11) is 1.67. The number of carbonyl (C=O) groups excluding carboxylic acids is 1. The topological polar surface area (TPSA) is 70.2 Å². The van der Waals surface area contributed by atoms with Crippen molar-refractivity contribution in [3.63, 3.8) is 0 Å². The van der Waals surface area contributed by atoms with Crippen LogP contribution in [0.25, 0.3) is 11.3 Å². The van der Waals surface area contributed by atoms with Crippen molar-refractivity contribution in [2.24, 2.45) is 0 Å². The van der Waals surface area contributed by atoms with Crippen LogP contribution in [0.2, 0.25) is 0 Å². The van der Waals surface area contributed by atoms with Crippen LogP contribution in [0.5, 0.6) is 5.75 Å². The van der Waals surface area contributed by atoms with Crippen molar-refractivity contribution >= 4 is 6.03 Å². The lowest BCUT2D eigenvalue weighted by molar-refractivity contribution is 0.174. The van der Waals surface area contributed by atoms with Gasteiger partial charge in [-0.2, -0.15) is 5.10 Å². The lowest BCUT2D eigenvalue weighted by atomic mass is 9.93. The lowest BCUT2D eigenvalue weighted by Crippen LogP contribution is -2.48. The molecule has 0 unspecified atom stereocenters. The second-order valence-corrected chi connectivity index (χ2v) is 7.99. The Morgan fingerprint density at radius 1 is 1.14 bits per heavy atom. The first-order valence-electron chi connectivity index (χ1n) is 10.5. The molecule has 1 aliphatic carbocycles. The van der Waals surface area contributed by atoms with Crippen LogP contribution in [-0.2, 0) is 0 Å². The number of hydrogen-bond acceptors (Lipinski definition) is 3. The molecule has 0 spiro atoms. The molecule has 2 aliphatic rings. The molecule has 1 saturated carbocycles.